The topological polar surface area (TPSA) is 6.48 Å². The van der Waals surface area contributed by atoms with E-state index in [1.165, 1.54) is 74.4 Å². The third-order valence-electron chi connectivity index (χ3n) is 8.79. The Morgan fingerprint density at radius 2 is 0.972 bits per heavy atom. The minimum Gasteiger partial charge on any atom is -0.372 e. The van der Waals surface area contributed by atoms with Gasteiger partial charge in [0.05, 0.1) is 0 Å². The summed E-state index contributed by atoms with van der Waals surface area (Å²) in [6.07, 6.45) is 5.40. The van der Waals surface area contributed by atoms with Crippen LogP contribution in [0.2, 0.25) is 0 Å². The van der Waals surface area contributed by atoms with Crippen LogP contribution in [0.5, 0.6) is 0 Å². The molecule has 4 rings (SSSR count). The number of anilines is 2. The molecule has 2 aromatic carbocycles. The van der Waals surface area contributed by atoms with E-state index in [0.717, 1.165) is 23.7 Å². The van der Waals surface area contributed by atoms with Crippen LogP contribution >= 0.6 is 0 Å². The summed E-state index contributed by atoms with van der Waals surface area (Å²) in [5.74, 6) is 4.79. The molecule has 0 aromatic heterocycles. The van der Waals surface area contributed by atoms with Gasteiger partial charge >= 0.3 is 0 Å². The van der Waals surface area contributed by atoms with E-state index >= 15 is 0 Å². The molecule has 0 aliphatic carbocycles. The Kier molecular flexibility index (Phi) is 10.8. The van der Waals surface area contributed by atoms with Gasteiger partial charge in [0.25, 0.3) is 0 Å². The summed E-state index contributed by atoms with van der Waals surface area (Å²) in [6.45, 7) is 23.4. The van der Waals surface area contributed by atoms with E-state index in [1.54, 1.807) is 0 Å². The van der Waals surface area contributed by atoms with Gasteiger partial charge in [0.15, 0.2) is 0 Å². The predicted octanol–water partition coefficient (Wildman–Crippen LogP) is 9.36. The Balaban J connectivity index is 0.000000201. The minimum absolute atomic E-state index is 0.623. The summed E-state index contributed by atoms with van der Waals surface area (Å²) in [4.78, 5) is 5.10. The molecule has 2 aliphatic rings. The molecular formula is C34H54N2. The lowest BCUT2D eigenvalue weighted by atomic mass is 9.86. The van der Waals surface area contributed by atoms with Crippen molar-refractivity contribution in [2.45, 2.75) is 92.9 Å². The Bertz CT molecular complexity index is 880. The standard InChI is InChI=1S/2C17H27N/c1-13(2)15-5-7-17(8-6-15)18-11-9-16(10-12-18)14(3)4;1-13(2)15-8-10-18(11-9-15)17-7-5-6-16(12-17)14(3)4/h5-8,13-14,16H,9-12H2,1-4H3;5-7,12-15H,8-11H2,1-4H3. The van der Waals surface area contributed by atoms with Crippen molar-refractivity contribution in [3.8, 4) is 0 Å². The molecule has 0 spiro atoms. The summed E-state index contributed by atoms with van der Waals surface area (Å²) in [5.41, 5.74) is 5.72. The number of hydrogen-bond acceptors (Lipinski definition) is 2. The van der Waals surface area contributed by atoms with Crippen molar-refractivity contribution in [2.75, 3.05) is 36.0 Å². The van der Waals surface area contributed by atoms with Crippen molar-refractivity contribution < 1.29 is 0 Å². The number of hydrogen-bond donors (Lipinski definition) is 0. The predicted molar refractivity (Wildman–Crippen MR) is 161 cm³/mol. The van der Waals surface area contributed by atoms with E-state index in [9.17, 15) is 0 Å². The van der Waals surface area contributed by atoms with Crippen LogP contribution in [0.1, 0.15) is 104 Å². The fourth-order valence-corrected chi connectivity index (χ4v) is 5.80. The van der Waals surface area contributed by atoms with Crippen LogP contribution in [0.15, 0.2) is 48.5 Å². The van der Waals surface area contributed by atoms with Gasteiger partial charge in [-0.05, 0) is 96.6 Å². The molecule has 2 saturated heterocycles. The molecule has 0 N–H and O–H groups in total. The van der Waals surface area contributed by atoms with E-state index < -0.39 is 0 Å². The van der Waals surface area contributed by atoms with Crippen LogP contribution in [0.4, 0.5) is 11.4 Å². The van der Waals surface area contributed by atoms with E-state index in [2.05, 4.69) is 114 Å². The van der Waals surface area contributed by atoms with Crippen molar-refractivity contribution in [3.05, 3.63) is 59.7 Å². The molecule has 2 nitrogen and oxygen atoms in total. The zero-order valence-corrected chi connectivity index (χ0v) is 24.6. The lowest BCUT2D eigenvalue weighted by Gasteiger charge is -2.35. The molecule has 0 radical (unpaired) electrons. The normalized spacial score (nSPS) is 17.8. The highest BCUT2D eigenvalue weighted by atomic mass is 15.1. The van der Waals surface area contributed by atoms with E-state index in [0.29, 0.717) is 11.8 Å². The largest absolute Gasteiger partial charge is 0.372 e. The lowest BCUT2D eigenvalue weighted by molar-refractivity contribution is 0.311. The maximum absolute atomic E-state index is 2.56. The number of nitrogens with zero attached hydrogens (tertiary/aromatic N) is 2. The fraction of sp³-hybridized carbons (Fsp3) is 0.647. The molecule has 2 aromatic rings. The van der Waals surface area contributed by atoms with E-state index in [1.807, 2.05) is 0 Å². The van der Waals surface area contributed by atoms with Crippen LogP contribution in [-0.4, -0.2) is 26.2 Å². The molecule has 0 bridgehead atoms. The Labute approximate surface area is 223 Å². The average molecular weight is 491 g/mol. The van der Waals surface area contributed by atoms with Crippen LogP contribution in [0.3, 0.4) is 0 Å². The minimum atomic E-state index is 0.623. The van der Waals surface area contributed by atoms with Crippen molar-refractivity contribution in [1.82, 2.24) is 0 Å². The summed E-state index contributed by atoms with van der Waals surface area (Å²) in [7, 11) is 0. The molecule has 0 atom stereocenters. The second kappa shape index (κ2) is 13.5. The third kappa shape index (κ3) is 8.02. The van der Waals surface area contributed by atoms with E-state index in [4.69, 9.17) is 0 Å². The van der Waals surface area contributed by atoms with Gasteiger partial charge in [0.1, 0.15) is 0 Å². The summed E-state index contributed by atoms with van der Waals surface area (Å²) in [6, 6.07) is 18.3. The van der Waals surface area contributed by atoms with Crippen LogP contribution in [-0.2, 0) is 0 Å². The van der Waals surface area contributed by atoms with Crippen molar-refractivity contribution >= 4 is 11.4 Å². The van der Waals surface area contributed by atoms with E-state index in [-0.39, 0.29) is 0 Å². The highest BCUT2D eigenvalue weighted by Crippen LogP contribution is 2.30. The molecule has 2 heteroatoms. The molecule has 36 heavy (non-hydrogen) atoms. The summed E-state index contributed by atoms with van der Waals surface area (Å²) >= 11 is 0. The first-order valence-corrected chi connectivity index (χ1v) is 14.9. The van der Waals surface area contributed by atoms with Gasteiger partial charge in [-0.2, -0.15) is 0 Å². The fourth-order valence-electron chi connectivity index (χ4n) is 5.80. The molecule has 0 amide bonds. The summed E-state index contributed by atoms with van der Waals surface area (Å²) < 4.78 is 0. The molecule has 2 heterocycles. The Morgan fingerprint density at radius 1 is 0.528 bits per heavy atom. The van der Waals surface area contributed by atoms with Crippen LogP contribution < -0.4 is 9.80 Å². The zero-order valence-electron chi connectivity index (χ0n) is 24.6. The monoisotopic (exact) mass is 490 g/mol. The molecular weight excluding hydrogens is 436 g/mol. The summed E-state index contributed by atoms with van der Waals surface area (Å²) in [5, 5.41) is 0. The highest BCUT2D eigenvalue weighted by Gasteiger charge is 2.22. The first-order chi connectivity index (χ1) is 17.2. The molecule has 0 saturated carbocycles. The zero-order chi connectivity index (χ0) is 26.2. The van der Waals surface area contributed by atoms with Crippen molar-refractivity contribution in [2.24, 2.45) is 23.7 Å². The highest BCUT2D eigenvalue weighted by molar-refractivity contribution is 5.50. The smallest absolute Gasteiger partial charge is 0.0369 e. The number of piperidine rings is 2. The van der Waals surface area contributed by atoms with Gasteiger partial charge in [-0.3, -0.25) is 0 Å². The number of benzene rings is 2. The number of rotatable bonds is 6. The third-order valence-corrected chi connectivity index (χ3v) is 8.79. The molecule has 2 fully saturated rings. The van der Waals surface area contributed by atoms with Gasteiger partial charge in [-0.15, -0.1) is 0 Å². The van der Waals surface area contributed by atoms with Crippen molar-refractivity contribution in [1.29, 1.82) is 0 Å². The van der Waals surface area contributed by atoms with Gasteiger partial charge < -0.3 is 9.80 Å². The van der Waals surface area contributed by atoms with Gasteiger partial charge in [-0.25, -0.2) is 0 Å². The second-order valence-corrected chi connectivity index (χ2v) is 12.6. The molecule has 2 aliphatic heterocycles. The Hall–Kier alpha value is -1.96. The molecule has 0 unspecified atom stereocenters. The average Bonchev–Trinajstić information content (AvgIpc) is 2.89. The van der Waals surface area contributed by atoms with Gasteiger partial charge in [0, 0.05) is 37.6 Å². The Morgan fingerprint density at radius 3 is 1.39 bits per heavy atom. The van der Waals surface area contributed by atoms with Crippen LogP contribution in [0, 0.1) is 23.7 Å². The first-order valence-electron chi connectivity index (χ1n) is 14.9. The maximum atomic E-state index is 2.56. The lowest BCUT2D eigenvalue weighted by Crippen LogP contribution is -2.35. The van der Waals surface area contributed by atoms with Gasteiger partial charge in [-0.1, -0.05) is 79.7 Å². The van der Waals surface area contributed by atoms with Crippen molar-refractivity contribution in [3.63, 3.8) is 0 Å². The van der Waals surface area contributed by atoms with Gasteiger partial charge in [0.2, 0.25) is 0 Å². The quantitative estimate of drug-likeness (QED) is 0.398. The second-order valence-electron chi connectivity index (χ2n) is 12.6. The first kappa shape index (κ1) is 28.6. The maximum Gasteiger partial charge on any atom is 0.0369 e. The van der Waals surface area contributed by atoms with Crippen LogP contribution in [0.25, 0.3) is 0 Å². The SMILES string of the molecule is CC(C)c1ccc(N2CCC(C(C)C)CC2)cc1.CC(C)c1cccc(N2CCC(C(C)C)CC2)c1. The molecule has 200 valence electrons.